The van der Waals surface area contributed by atoms with Crippen LogP contribution in [-0.2, 0) is 11.3 Å². The van der Waals surface area contributed by atoms with Crippen LogP contribution >= 0.6 is 0 Å². The number of H-pyrrole nitrogens is 1. The summed E-state index contributed by atoms with van der Waals surface area (Å²) in [6.07, 6.45) is 5.18. The standard InChI is InChI=1S/C19H23N3O3/c1-12-13(2)21-22-19(24)17(12)18(23)20-15-9-7-14(8-10-15)11-25-16-5-3-4-6-16/h7-10,16H,3-6,11H2,1-2H3,(H,20,23)(H,22,24). The van der Waals surface area contributed by atoms with Crippen molar-refractivity contribution >= 4 is 11.6 Å². The van der Waals surface area contributed by atoms with Crippen molar-refractivity contribution in [2.45, 2.75) is 52.2 Å². The fourth-order valence-electron chi connectivity index (χ4n) is 3.05. The number of amides is 1. The van der Waals surface area contributed by atoms with Crippen LogP contribution in [0.4, 0.5) is 5.69 Å². The number of carbonyl (C=O) groups is 1. The first-order valence-corrected chi connectivity index (χ1v) is 8.62. The molecule has 1 aromatic heterocycles. The molecule has 3 rings (SSSR count). The van der Waals surface area contributed by atoms with Gasteiger partial charge in [-0.25, -0.2) is 5.10 Å². The number of anilines is 1. The summed E-state index contributed by atoms with van der Waals surface area (Å²) in [6, 6.07) is 7.50. The van der Waals surface area contributed by atoms with E-state index in [4.69, 9.17) is 4.74 Å². The summed E-state index contributed by atoms with van der Waals surface area (Å²) in [7, 11) is 0. The van der Waals surface area contributed by atoms with Crippen molar-refractivity contribution in [1.29, 1.82) is 0 Å². The Kier molecular flexibility index (Phi) is 5.28. The number of ether oxygens (including phenoxy) is 1. The molecule has 1 aliphatic rings. The molecule has 1 aliphatic carbocycles. The molecular formula is C19H23N3O3. The predicted molar refractivity (Wildman–Crippen MR) is 95.8 cm³/mol. The molecule has 0 unspecified atom stereocenters. The molecule has 1 fully saturated rings. The number of carbonyl (C=O) groups excluding carboxylic acids is 1. The highest BCUT2D eigenvalue weighted by atomic mass is 16.5. The normalized spacial score (nSPS) is 14.6. The van der Waals surface area contributed by atoms with E-state index in [-0.39, 0.29) is 5.56 Å². The molecule has 0 aliphatic heterocycles. The molecule has 132 valence electrons. The SMILES string of the molecule is Cc1n[nH]c(=O)c(C(=O)Nc2ccc(COC3CCCC3)cc2)c1C. The monoisotopic (exact) mass is 341 g/mol. The summed E-state index contributed by atoms with van der Waals surface area (Å²) >= 11 is 0. The largest absolute Gasteiger partial charge is 0.374 e. The van der Waals surface area contributed by atoms with Crippen LogP contribution in [0.25, 0.3) is 0 Å². The fraction of sp³-hybridized carbons (Fsp3) is 0.421. The summed E-state index contributed by atoms with van der Waals surface area (Å²) in [6.45, 7) is 4.05. The van der Waals surface area contributed by atoms with Crippen molar-refractivity contribution in [3.8, 4) is 0 Å². The molecule has 0 bridgehead atoms. The molecule has 2 N–H and O–H groups in total. The molecule has 1 amide bonds. The molecule has 1 saturated carbocycles. The van der Waals surface area contributed by atoms with E-state index in [2.05, 4.69) is 15.5 Å². The molecule has 2 aromatic rings. The number of hydrogen-bond donors (Lipinski definition) is 2. The predicted octanol–water partition coefficient (Wildman–Crippen LogP) is 3.10. The first-order chi connectivity index (χ1) is 12.0. The van der Waals surface area contributed by atoms with Crippen molar-refractivity contribution in [2.24, 2.45) is 0 Å². The Bertz CT molecular complexity index is 806. The Morgan fingerprint density at radius 1 is 1.24 bits per heavy atom. The molecule has 6 nitrogen and oxygen atoms in total. The summed E-state index contributed by atoms with van der Waals surface area (Å²) in [4.78, 5) is 24.3. The minimum Gasteiger partial charge on any atom is -0.374 e. The van der Waals surface area contributed by atoms with Crippen molar-refractivity contribution in [2.75, 3.05) is 5.32 Å². The van der Waals surface area contributed by atoms with Gasteiger partial charge < -0.3 is 10.1 Å². The van der Waals surface area contributed by atoms with Gasteiger partial charge in [0.05, 0.1) is 18.4 Å². The van der Waals surface area contributed by atoms with E-state index in [0.717, 1.165) is 18.4 Å². The molecule has 1 heterocycles. The smallest absolute Gasteiger partial charge is 0.277 e. The Balaban J connectivity index is 1.64. The maximum absolute atomic E-state index is 12.4. The number of aryl methyl sites for hydroxylation is 1. The molecule has 25 heavy (non-hydrogen) atoms. The van der Waals surface area contributed by atoms with Crippen LogP contribution in [0.3, 0.4) is 0 Å². The summed E-state index contributed by atoms with van der Waals surface area (Å²) in [5.74, 6) is -0.431. The van der Waals surface area contributed by atoms with Gasteiger partial charge in [-0.3, -0.25) is 9.59 Å². The number of aromatic amines is 1. The van der Waals surface area contributed by atoms with Gasteiger partial charge in [-0.2, -0.15) is 5.10 Å². The average molecular weight is 341 g/mol. The third-order valence-corrected chi connectivity index (χ3v) is 4.70. The van der Waals surface area contributed by atoms with Gasteiger partial charge in [0.1, 0.15) is 5.56 Å². The average Bonchev–Trinajstić information content (AvgIpc) is 3.11. The number of aromatic nitrogens is 2. The van der Waals surface area contributed by atoms with E-state index in [1.807, 2.05) is 24.3 Å². The van der Waals surface area contributed by atoms with Crippen LogP contribution in [0, 0.1) is 13.8 Å². The lowest BCUT2D eigenvalue weighted by atomic mass is 10.1. The van der Waals surface area contributed by atoms with E-state index in [1.54, 1.807) is 13.8 Å². The van der Waals surface area contributed by atoms with Gasteiger partial charge in [0, 0.05) is 5.69 Å². The minimum absolute atomic E-state index is 0.0983. The van der Waals surface area contributed by atoms with E-state index < -0.39 is 11.5 Å². The maximum Gasteiger partial charge on any atom is 0.277 e. The zero-order valence-electron chi connectivity index (χ0n) is 14.6. The summed E-state index contributed by atoms with van der Waals surface area (Å²) in [5, 5.41) is 8.97. The van der Waals surface area contributed by atoms with Crippen molar-refractivity contribution in [3.63, 3.8) is 0 Å². The molecule has 6 heteroatoms. The Morgan fingerprint density at radius 3 is 2.60 bits per heavy atom. The lowest BCUT2D eigenvalue weighted by Crippen LogP contribution is -2.26. The Morgan fingerprint density at radius 2 is 1.92 bits per heavy atom. The number of benzene rings is 1. The number of nitrogens with zero attached hydrogens (tertiary/aromatic N) is 1. The highest BCUT2D eigenvalue weighted by Crippen LogP contribution is 2.22. The number of rotatable bonds is 5. The highest BCUT2D eigenvalue weighted by Gasteiger charge is 2.17. The molecule has 0 saturated heterocycles. The van der Waals surface area contributed by atoms with Crippen LogP contribution in [0.5, 0.6) is 0 Å². The van der Waals surface area contributed by atoms with Crippen molar-refractivity contribution in [3.05, 3.63) is 57.0 Å². The first-order valence-electron chi connectivity index (χ1n) is 8.62. The van der Waals surface area contributed by atoms with Gasteiger partial charge in [0.2, 0.25) is 0 Å². The van der Waals surface area contributed by atoms with Gasteiger partial charge >= 0.3 is 0 Å². The summed E-state index contributed by atoms with van der Waals surface area (Å²) < 4.78 is 5.88. The molecule has 0 spiro atoms. The molecule has 0 radical (unpaired) electrons. The highest BCUT2D eigenvalue weighted by molar-refractivity contribution is 6.05. The van der Waals surface area contributed by atoms with Crippen molar-refractivity contribution < 1.29 is 9.53 Å². The maximum atomic E-state index is 12.4. The summed E-state index contributed by atoms with van der Waals surface area (Å²) in [5.41, 5.74) is 2.54. The van der Waals surface area contributed by atoms with E-state index in [0.29, 0.717) is 29.7 Å². The second-order valence-electron chi connectivity index (χ2n) is 6.51. The van der Waals surface area contributed by atoms with Crippen LogP contribution in [0.1, 0.15) is 52.9 Å². The number of nitrogens with one attached hydrogen (secondary N) is 2. The van der Waals surface area contributed by atoms with E-state index >= 15 is 0 Å². The van der Waals surface area contributed by atoms with Crippen LogP contribution < -0.4 is 10.9 Å². The first kappa shape index (κ1) is 17.4. The van der Waals surface area contributed by atoms with Gasteiger partial charge in [-0.15, -0.1) is 0 Å². The molecule has 0 atom stereocenters. The minimum atomic E-state index is -0.484. The lowest BCUT2D eigenvalue weighted by Gasteiger charge is -2.12. The lowest BCUT2D eigenvalue weighted by molar-refractivity contribution is 0.0457. The third-order valence-electron chi connectivity index (χ3n) is 4.70. The van der Waals surface area contributed by atoms with Crippen LogP contribution in [-0.4, -0.2) is 22.2 Å². The van der Waals surface area contributed by atoms with Crippen LogP contribution in [0.2, 0.25) is 0 Å². The van der Waals surface area contributed by atoms with Gasteiger partial charge in [-0.1, -0.05) is 25.0 Å². The zero-order chi connectivity index (χ0) is 17.8. The fourth-order valence-corrected chi connectivity index (χ4v) is 3.05. The third kappa shape index (κ3) is 4.14. The van der Waals surface area contributed by atoms with Crippen molar-refractivity contribution in [1.82, 2.24) is 10.2 Å². The van der Waals surface area contributed by atoms with Gasteiger partial charge in [0.15, 0.2) is 0 Å². The van der Waals surface area contributed by atoms with E-state index in [9.17, 15) is 9.59 Å². The second-order valence-corrected chi connectivity index (χ2v) is 6.51. The van der Waals surface area contributed by atoms with Crippen LogP contribution in [0.15, 0.2) is 29.1 Å². The topological polar surface area (TPSA) is 84.1 Å². The molecule has 1 aromatic carbocycles. The van der Waals surface area contributed by atoms with E-state index in [1.165, 1.54) is 12.8 Å². The Hall–Kier alpha value is -2.47. The van der Waals surface area contributed by atoms with Gasteiger partial charge in [-0.05, 0) is 49.9 Å². The number of hydrogen-bond acceptors (Lipinski definition) is 4. The second kappa shape index (κ2) is 7.61. The zero-order valence-corrected chi connectivity index (χ0v) is 14.6. The quantitative estimate of drug-likeness (QED) is 0.875. The Labute approximate surface area is 146 Å². The van der Waals surface area contributed by atoms with Gasteiger partial charge in [0.25, 0.3) is 11.5 Å². The molecular weight excluding hydrogens is 318 g/mol.